The van der Waals surface area contributed by atoms with Crippen molar-refractivity contribution in [3.8, 4) is 22.8 Å². The van der Waals surface area contributed by atoms with Gasteiger partial charge in [-0.3, -0.25) is 0 Å². The molecule has 0 spiro atoms. The molecule has 148 valence electrons. The van der Waals surface area contributed by atoms with Crippen molar-refractivity contribution in [1.82, 2.24) is 14.6 Å². The van der Waals surface area contributed by atoms with E-state index >= 15 is 0 Å². The summed E-state index contributed by atoms with van der Waals surface area (Å²) in [7, 11) is 1.63. The maximum atomic E-state index is 6.57. The first-order valence-electron chi connectivity index (χ1n) is 9.72. The molecule has 0 amide bonds. The van der Waals surface area contributed by atoms with E-state index in [9.17, 15) is 0 Å². The summed E-state index contributed by atoms with van der Waals surface area (Å²) in [6.45, 7) is 7.00. The van der Waals surface area contributed by atoms with Crippen molar-refractivity contribution in [2.45, 2.75) is 46.1 Å². The molecule has 1 aliphatic heterocycles. The first-order chi connectivity index (χ1) is 13.6. The van der Waals surface area contributed by atoms with Gasteiger partial charge in [0, 0.05) is 18.0 Å². The highest BCUT2D eigenvalue weighted by Crippen LogP contribution is 2.39. The van der Waals surface area contributed by atoms with Crippen LogP contribution in [0.3, 0.4) is 0 Å². The van der Waals surface area contributed by atoms with Gasteiger partial charge in [0.15, 0.2) is 5.65 Å². The van der Waals surface area contributed by atoms with Crippen molar-refractivity contribution in [3.63, 3.8) is 0 Å². The third-order valence-electron chi connectivity index (χ3n) is 5.36. The average Bonchev–Trinajstić information content (AvgIpc) is 3.29. The Balaban J connectivity index is 1.94. The lowest BCUT2D eigenvalue weighted by molar-refractivity contribution is 0.345. The van der Waals surface area contributed by atoms with Crippen molar-refractivity contribution >= 4 is 23.1 Å². The van der Waals surface area contributed by atoms with E-state index in [0.29, 0.717) is 23.6 Å². The summed E-state index contributed by atoms with van der Waals surface area (Å²) in [5, 5.41) is 9.10. The number of methoxy groups -OCH3 is 1. The largest absolute Gasteiger partial charge is 0.497 e. The van der Waals surface area contributed by atoms with Crippen LogP contribution in [-0.2, 0) is 6.42 Å². The van der Waals surface area contributed by atoms with Gasteiger partial charge >= 0.3 is 0 Å². The van der Waals surface area contributed by atoms with E-state index in [4.69, 9.17) is 31.2 Å². The number of benzene rings is 1. The molecule has 28 heavy (non-hydrogen) atoms. The van der Waals surface area contributed by atoms with Crippen LogP contribution in [0.25, 0.3) is 16.8 Å². The van der Waals surface area contributed by atoms with Crippen LogP contribution in [-0.4, -0.2) is 34.4 Å². The number of ether oxygens (including phenoxy) is 2. The lowest BCUT2D eigenvalue weighted by Gasteiger charge is -2.19. The Labute approximate surface area is 169 Å². The number of nitrogens with zero attached hydrogens (tertiary/aromatic N) is 3. The zero-order valence-electron chi connectivity index (χ0n) is 16.7. The van der Waals surface area contributed by atoms with Gasteiger partial charge in [-0.2, -0.15) is 14.6 Å². The second kappa shape index (κ2) is 7.51. The van der Waals surface area contributed by atoms with Crippen molar-refractivity contribution in [2.75, 3.05) is 19.0 Å². The van der Waals surface area contributed by atoms with E-state index in [0.717, 1.165) is 58.9 Å². The molecular formula is C21H25ClN4O2. The molecule has 1 aliphatic rings. The molecule has 0 bridgehead atoms. The first kappa shape index (κ1) is 18.9. The number of aryl methyl sites for hydroxylation is 1. The van der Waals surface area contributed by atoms with Gasteiger partial charge in [-0.15, -0.1) is 0 Å². The van der Waals surface area contributed by atoms with Crippen LogP contribution in [0.1, 0.15) is 37.9 Å². The second-order valence-electron chi connectivity index (χ2n) is 7.04. The van der Waals surface area contributed by atoms with E-state index in [-0.39, 0.29) is 0 Å². The summed E-state index contributed by atoms with van der Waals surface area (Å²) in [6.07, 6.45) is 2.90. The third kappa shape index (κ3) is 3.05. The Morgan fingerprint density at radius 3 is 2.79 bits per heavy atom. The molecule has 7 heteroatoms. The van der Waals surface area contributed by atoms with Gasteiger partial charge in [0.25, 0.3) is 0 Å². The standard InChI is InChI=1S/C21H25ClN4O2/c1-5-13(6-2)23-19-16-9-10-28-21(16)24-20-18(12(3)25-26(19)20)15-8-7-14(27-4)11-17(15)22/h7-8,11,13,23H,5-6,9-10H2,1-4H3. The number of anilines is 1. The Hall–Kier alpha value is -2.47. The van der Waals surface area contributed by atoms with Gasteiger partial charge < -0.3 is 14.8 Å². The summed E-state index contributed by atoms with van der Waals surface area (Å²) in [4.78, 5) is 4.80. The first-order valence-corrected chi connectivity index (χ1v) is 10.1. The van der Waals surface area contributed by atoms with E-state index in [2.05, 4.69) is 19.2 Å². The van der Waals surface area contributed by atoms with Crippen LogP contribution in [0.15, 0.2) is 18.2 Å². The van der Waals surface area contributed by atoms with Crippen LogP contribution in [0.2, 0.25) is 5.02 Å². The monoisotopic (exact) mass is 400 g/mol. The number of nitrogens with one attached hydrogen (secondary N) is 1. The SMILES string of the molecule is CCC(CC)Nc1c2c(nc3c(-c4ccc(OC)cc4Cl)c(C)nn13)OCC2. The van der Waals surface area contributed by atoms with Crippen LogP contribution < -0.4 is 14.8 Å². The van der Waals surface area contributed by atoms with Crippen molar-refractivity contribution in [1.29, 1.82) is 0 Å². The second-order valence-corrected chi connectivity index (χ2v) is 7.45. The fraction of sp³-hybridized carbons (Fsp3) is 0.429. The highest BCUT2D eigenvalue weighted by atomic mass is 35.5. The van der Waals surface area contributed by atoms with Crippen molar-refractivity contribution in [2.24, 2.45) is 0 Å². The maximum Gasteiger partial charge on any atom is 0.222 e. The summed E-state index contributed by atoms with van der Waals surface area (Å²) >= 11 is 6.57. The van der Waals surface area contributed by atoms with Crippen LogP contribution in [0.4, 0.5) is 5.82 Å². The molecule has 1 N–H and O–H groups in total. The topological polar surface area (TPSA) is 60.7 Å². The maximum absolute atomic E-state index is 6.57. The molecule has 2 aromatic heterocycles. The normalized spacial score (nSPS) is 13.1. The number of hydrogen-bond donors (Lipinski definition) is 1. The minimum absolute atomic E-state index is 0.368. The Morgan fingerprint density at radius 1 is 1.32 bits per heavy atom. The molecule has 0 saturated heterocycles. The number of rotatable bonds is 6. The van der Waals surface area contributed by atoms with E-state index in [1.807, 2.05) is 29.6 Å². The molecule has 0 unspecified atom stereocenters. The minimum atomic E-state index is 0.368. The van der Waals surface area contributed by atoms with E-state index < -0.39 is 0 Å². The van der Waals surface area contributed by atoms with E-state index in [1.165, 1.54) is 0 Å². The molecule has 0 fully saturated rings. The average molecular weight is 401 g/mol. The molecule has 3 heterocycles. The molecule has 0 radical (unpaired) electrons. The Morgan fingerprint density at radius 2 is 2.11 bits per heavy atom. The summed E-state index contributed by atoms with van der Waals surface area (Å²) in [6, 6.07) is 6.03. The zero-order valence-corrected chi connectivity index (χ0v) is 17.4. The molecule has 4 rings (SSSR count). The van der Waals surface area contributed by atoms with Gasteiger partial charge in [0.05, 0.1) is 35.6 Å². The summed E-state index contributed by atoms with van der Waals surface area (Å²) in [5.41, 5.74) is 4.51. The molecule has 0 aliphatic carbocycles. The predicted octanol–water partition coefficient (Wildman–Crippen LogP) is 4.90. The van der Waals surface area contributed by atoms with Gasteiger partial charge in [0.2, 0.25) is 5.88 Å². The molecule has 0 atom stereocenters. The van der Waals surface area contributed by atoms with Gasteiger partial charge in [-0.25, -0.2) is 0 Å². The molecule has 3 aromatic rings. The Bertz CT molecular complexity index is 1030. The summed E-state index contributed by atoms with van der Waals surface area (Å²) in [5.74, 6) is 2.38. The van der Waals surface area contributed by atoms with Crippen LogP contribution in [0.5, 0.6) is 11.6 Å². The Kier molecular flexibility index (Phi) is 5.06. The molecule has 1 aromatic carbocycles. The predicted molar refractivity (Wildman–Crippen MR) is 112 cm³/mol. The molecule has 6 nitrogen and oxygen atoms in total. The van der Waals surface area contributed by atoms with Gasteiger partial charge in [-0.05, 0) is 38.0 Å². The highest BCUT2D eigenvalue weighted by molar-refractivity contribution is 6.33. The zero-order chi connectivity index (χ0) is 19.8. The minimum Gasteiger partial charge on any atom is -0.497 e. The lowest BCUT2D eigenvalue weighted by atomic mass is 10.1. The highest BCUT2D eigenvalue weighted by Gasteiger charge is 2.26. The number of halogens is 1. The molecular weight excluding hydrogens is 376 g/mol. The van der Waals surface area contributed by atoms with Crippen LogP contribution in [0, 0.1) is 6.92 Å². The van der Waals surface area contributed by atoms with Crippen molar-refractivity contribution in [3.05, 3.63) is 34.5 Å². The number of aromatic nitrogens is 3. The van der Waals surface area contributed by atoms with Gasteiger partial charge in [0.1, 0.15) is 11.6 Å². The smallest absolute Gasteiger partial charge is 0.222 e. The lowest BCUT2D eigenvalue weighted by Crippen LogP contribution is -2.20. The fourth-order valence-electron chi connectivity index (χ4n) is 3.74. The number of fused-ring (bicyclic) bond motifs is 2. The fourth-order valence-corrected chi connectivity index (χ4v) is 4.00. The van der Waals surface area contributed by atoms with Gasteiger partial charge in [-0.1, -0.05) is 25.4 Å². The van der Waals surface area contributed by atoms with Crippen molar-refractivity contribution < 1.29 is 9.47 Å². The van der Waals surface area contributed by atoms with Crippen LogP contribution >= 0.6 is 11.6 Å². The third-order valence-corrected chi connectivity index (χ3v) is 5.67. The number of hydrogen-bond acceptors (Lipinski definition) is 5. The van der Waals surface area contributed by atoms with E-state index in [1.54, 1.807) is 7.11 Å². The molecule has 0 saturated carbocycles. The summed E-state index contributed by atoms with van der Waals surface area (Å²) < 4.78 is 13.0. The quantitative estimate of drug-likeness (QED) is 0.637.